The van der Waals surface area contributed by atoms with Crippen LogP contribution in [0.2, 0.25) is 0 Å². The zero-order valence-corrected chi connectivity index (χ0v) is 35.2. The molecule has 1 rings (SSSR count). The highest BCUT2D eigenvalue weighted by atomic mass is 16.4. The molecule has 332 valence electrons. The van der Waals surface area contributed by atoms with Crippen molar-refractivity contribution in [2.75, 3.05) is 0 Å². The fourth-order valence-electron chi connectivity index (χ4n) is 5.75. The number of carboxylic acid groups (broad SMARTS) is 3. The monoisotopic (exact) mass is 844 g/mol. The molecule has 0 saturated carbocycles. The molecule has 19 nitrogen and oxygen atoms in total. The number of benzene rings is 1. The highest BCUT2D eigenvalue weighted by Gasteiger charge is 2.38. The normalized spacial score (nSPS) is 14.0. The maximum atomic E-state index is 14.2. The van der Waals surface area contributed by atoms with Crippen molar-refractivity contribution in [2.24, 2.45) is 11.3 Å². The van der Waals surface area contributed by atoms with Gasteiger partial charge in [0.15, 0.2) is 6.29 Å². The van der Waals surface area contributed by atoms with Gasteiger partial charge in [-0.2, -0.15) is 0 Å². The van der Waals surface area contributed by atoms with Crippen molar-refractivity contribution in [3.63, 3.8) is 0 Å². The van der Waals surface area contributed by atoms with E-state index < -0.39 is 121 Å². The van der Waals surface area contributed by atoms with Crippen molar-refractivity contribution < 1.29 is 63.3 Å². The van der Waals surface area contributed by atoms with Gasteiger partial charge in [-0.15, -0.1) is 0 Å². The first-order valence-corrected chi connectivity index (χ1v) is 19.7. The number of aryl methyl sites for hydroxylation is 1. The average Bonchev–Trinajstić information content (AvgIpc) is 3.14. The van der Waals surface area contributed by atoms with Crippen LogP contribution in [0.15, 0.2) is 36.0 Å². The summed E-state index contributed by atoms with van der Waals surface area (Å²) in [7, 11) is 0. The number of carbonyl (C=O) groups excluding carboxylic acids is 7. The van der Waals surface area contributed by atoms with Gasteiger partial charge in [-0.1, -0.05) is 78.3 Å². The van der Waals surface area contributed by atoms with E-state index in [1.807, 2.05) is 20.8 Å². The van der Waals surface area contributed by atoms with Gasteiger partial charge in [0.2, 0.25) is 35.4 Å². The summed E-state index contributed by atoms with van der Waals surface area (Å²) in [4.78, 5) is 127. The lowest BCUT2D eigenvalue weighted by Gasteiger charge is -2.33. The van der Waals surface area contributed by atoms with Crippen molar-refractivity contribution in [1.29, 1.82) is 0 Å². The molecule has 0 saturated heterocycles. The number of carbonyl (C=O) groups is 10. The van der Waals surface area contributed by atoms with Crippen LogP contribution >= 0.6 is 0 Å². The molecule has 0 spiro atoms. The van der Waals surface area contributed by atoms with Gasteiger partial charge in [-0.3, -0.25) is 47.9 Å². The van der Waals surface area contributed by atoms with Crippen molar-refractivity contribution in [1.82, 2.24) is 31.9 Å². The van der Waals surface area contributed by atoms with Gasteiger partial charge >= 0.3 is 17.9 Å². The van der Waals surface area contributed by atoms with Crippen molar-refractivity contribution in [3.05, 3.63) is 47.2 Å². The van der Waals surface area contributed by atoms with Crippen LogP contribution in [-0.2, 0) is 54.4 Å². The van der Waals surface area contributed by atoms with E-state index in [9.17, 15) is 58.2 Å². The molecule has 0 fully saturated rings. The van der Waals surface area contributed by atoms with Gasteiger partial charge in [-0.25, -0.2) is 0 Å². The Bertz CT molecular complexity index is 1750. The number of carboxylic acids is 3. The molecule has 0 bridgehead atoms. The molecule has 1 aromatic rings. The number of nitrogens with one attached hydrogen (secondary N) is 6. The number of rotatable bonds is 26. The first kappa shape index (κ1) is 51.9. The van der Waals surface area contributed by atoms with E-state index in [1.165, 1.54) is 0 Å². The van der Waals surface area contributed by atoms with Gasteiger partial charge in [0.1, 0.15) is 30.2 Å². The summed E-state index contributed by atoms with van der Waals surface area (Å²) in [6, 6.07) is -0.465. The summed E-state index contributed by atoms with van der Waals surface area (Å²) in [6.07, 6.45) is -0.0453. The Morgan fingerprint density at radius 3 is 1.78 bits per heavy atom. The summed E-state index contributed by atoms with van der Waals surface area (Å²) in [5.41, 5.74) is 0.376. The van der Waals surface area contributed by atoms with Crippen LogP contribution < -0.4 is 31.9 Å². The van der Waals surface area contributed by atoms with Gasteiger partial charge in [0.25, 0.3) is 0 Å². The Morgan fingerprint density at radius 1 is 0.683 bits per heavy atom. The Morgan fingerprint density at radius 2 is 1.25 bits per heavy atom. The van der Waals surface area contributed by atoms with E-state index in [4.69, 9.17) is 5.11 Å². The van der Waals surface area contributed by atoms with Gasteiger partial charge in [-0.05, 0) is 48.6 Å². The number of amides is 6. The topological polar surface area (TPSA) is 304 Å². The Labute approximate surface area is 349 Å². The average molecular weight is 845 g/mol. The molecule has 0 aliphatic heterocycles. The summed E-state index contributed by atoms with van der Waals surface area (Å²) >= 11 is 0. The molecular formula is C41H60N6O13. The van der Waals surface area contributed by atoms with Crippen molar-refractivity contribution in [3.8, 4) is 0 Å². The maximum Gasteiger partial charge on any atom is 0.305 e. The first-order valence-electron chi connectivity index (χ1n) is 19.7. The van der Waals surface area contributed by atoms with E-state index >= 15 is 0 Å². The minimum atomic E-state index is -1.79. The Hall–Kier alpha value is -6.14. The molecule has 9 N–H and O–H groups in total. The predicted octanol–water partition coefficient (Wildman–Crippen LogP) is 1.26. The molecule has 0 heterocycles. The number of hydrogen-bond acceptors (Lipinski definition) is 10. The third-order valence-electron chi connectivity index (χ3n) is 9.00. The number of unbranched alkanes of at least 4 members (excludes halogenated alkanes) is 1. The number of hydrogen-bond donors (Lipinski definition) is 9. The molecule has 0 unspecified atom stereocenters. The van der Waals surface area contributed by atoms with Gasteiger partial charge in [0, 0.05) is 19.3 Å². The number of aliphatic carboxylic acids is 3. The molecule has 6 amide bonds. The van der Waals surface area contributed by atoms with Crippen LogP contribution in [0.5, 0.6) is 0 Å². The fourth-order valence-corrected chi connectivity index (χ4v) is 5.75. The van der Waals surface area contributed by atoms with Crippen LogP contribution in [0.25, 0.3) is 0 Å². The lowest BCUT2D eigenvalue weighted by Crippen LogP contribution is -2.62. The molecule has 1 aromatic carbocycles. The molecular weight excluding hydrogens is 784 g/mol. The second-order valence-electron chi connectivity index (χ2n) is 15.9. The number of allylic oxidation sites excluding steroid dienone is 2. The zero-order chi connectivity index (χ0) is 45.7. The third-order valence-corrected chi connectivity index (χ3v) is 9.00. The van der Waals surface area contributed by atoms with Crippen LogP contribution in [-0.4, -0.2) is 105 Å². The predicted molar refractivity (Wildman–Crippen MR) is 217 cm³/mol. The van der Waals surface area contributed by atoms with E-state index in [0.717, 1.165) is 12.0 Å². The molecule has 60 heavy (non-hydrogen) atoms. The highest BCUT2D eigenvalue weighted by molar-refractivity contribution is 5.98. The SMILES string of the molecule is CCC/C=C(/C=O)NC(=O)[C@H](CC(C)C)NC(=O)[C@@H](NC(=O)[C@H](Cc1ccccc1C)NC(=O)[C@H](CCC(=O)O)NC(=O)[C@H](CC(=O)O)NC(=O)CCC(=O)O)C(C)(C)C. The third kappa shape index (κ3) is 19.5. The first-order chi connectivity index (χ1) is 28.0. The lowest BCUT2D eigenvalue weighted by molar-refractivity contribution is -0.142. The minimum Gasteiger partial charge on any atom is -0.481 e. The van der Waals surface area contributed by atoms with Crippen LogP contribution in [0.4, 0.5) is 0 Å². The van der Waals surface area contributed by atoms with E-state index in [2.05, 4.69) is 31.9 Å². The van der Waals surface area contributed by atoms with E-state index in [-0.39, 0.29) is 24.5 Å². The zero-order valence-electron chi connectivity index (χ0n) is 35.2. The van der Waals surface area contributed by atoms with Crippen molar-refractivity contribution in [2.45, 2.75) is 136 Å². The van der Waals surface area contributed by atoms with E-state index in [1.54, 1.807) is 58.0 Å². The lowest BCUT2D eigenvalue weighted by atomic mass is 9.85. The fraction of sp³-hybridized carbons (Fsp3) is 0.561. The van der Waals surface area contributed by atoms with E-state index in [0.29, 0.717) is 18.3 Å². The largest absolute Gasteiger partial charge is 0.481 e. The van der Waals surface area contributed by atoms with Gasteiger partial charge < -0.3 is 47.2 Å². The number of aldehydes is 1. The molecule has 0 aliphatic carbocycles. The highest BCUT2D eigenvalue weighted by Crippen LogP contribution is 2.21. The maximum absolute atomic E-state index is 14.2. The minimum absolute atomic E-state index is 0.0380. The molecule has 19 heteroatoms. The summed E-state index contributed by atoms with van der Waals surface area (Å²) < 4.78 is 0. The van der Waals surface area contributed by atoms with Crippen molar-refractivity contribution >= 4 is 59.6 Å². The summed E-state index contributed by atoms with van der Waals surface area (Å²) in [6.45, 7) is 12.3. The molecule has 0 aromatic heterocycles. The van der Waals surface area contributed by atoms with Crippen LogP contribution in [0.3, 0.4) is 0 Å². The standard InChI is InChI=1S/C41H60N6O13/c1-8-9-14-26(22-48)42-37(57)28(19-23(2)3)46-40(60)35(41(5,6)7)47-39(59)29(20-25-13-11-10-12-24(25)4)45-36(56)27(15-17-32(50)51)44-38(58)30(21-34(54)55)43-31(49)16-18-33(52)53/h10-14,22-23,27-30,35H,8-9,15-21H2,1-7H3,(H,42,57)(H,43,49)(H,44,58)(H,45,56)(H,46,60)(H,47,59)(H,50,51)(H,52,53)(H,54,55)/b26-14-/t27-,28-,29-,30-,35+/m0/s1. The molecule has 0 aliphatic rings. The summed E-state index contributed by atoms with van der Waals surface area (Å²) in [5, 5.41) is 42.5. The molecule has 5 atom stereocenters. The van der Waals surface area contributed by atoms with Gasteiger partial charge in [0.05, 0.1) is 18.5 Å². The quantitative estimate of drug-likeness (QED) is 0.0469. The second-order valence-corrected chi connectivity index (χ2v) is 15.9. The Kier molecular flexibility index (Phi) is 21.9. The van der Waals surface area contributed by atoms with Crippen LogP contribution in [0.1, 0.15) is 104 Å². The molecule has 0 radical (unpaired) electrons. The second kappa shape index (κ2) is 25.4. The summed E-state index contributed by atoms with van der Waals surface area (Å²) in [5.74, 6) is -9.77. The smallest absolute Gasteiger partial charge is 0.305 e. The Balaban J connectivity index is 3.56. The van der Waals surface area contributed by atoms with Crippen LogP contribution in [0, 0.1) is 18.3 Å².